The molecule has 10 nitrogen and oxygen atoms in total. The number of carbonyl (C=O) groups excluding carboxylic acids is 1. The first-order chi connectivity index (χ1) is 13.2. The molecule has 2 aliphatic carbocycles. The number of nitrogens with zero attached hydrogens (tertiary/aromatic N) is 5. The Balaban J connectivity index is 1.70. The number of fused-ring (bicyclic) bond motifs is 1. The van der Waals surface area contributed by atoms with E-state index < -0.39 is 11.2 Å². The van der Waals surface area contributed by atoms with Crippen molar-refractivity contribution in [2.75, 3.05) is 0 Å². The summed E-state index contributed by atoms with van der Waals surface area (Å²) in [5.74, 6) is 0.197. The molecule has 2 aliphatic rings. The van der Waals surface area contributed by atoms with Gasteiger partial charge >= 0.3 is 0 Å². The van der Waals surface area contributed by atoms with Crippen LogP contribution in [0.25, 0.3) is 5.52 Å². The predicted octanol–water partition coefficient (Wildman–Crippen LogP) is 1.32. The van der Waals surface area contributed by atoms with Crippen molar-refractivity contribution >= 4 is 17.1 Å². The molecule has 0 aromatic carbocycles. The van der Waals surface area contributed by atoms with Crippen LogP contribution in [0, 0.1) is 4.91 Å². The fourth-order valence-corrected chi connectivity index (χ4v) is 3.82. The molecule has 2 saturated carbocycles. The first-order valence-electron chi connectivity index (χ1n) is 9.59. The Morgan fingerprint density at radius 2 is 2.04 bits per heavy atom. The number of aromatic nitrogens is 4. The van der Waals surface area contributed by atoms with E-state index in [0.717, 1.165) is 17.5 Å². The molecule has 1 amide bonds. The molecule has 2 aromatic rings. The molecule has 0 unspecified atom stereocenters. The fraction of sp³-hybridized carbons (Fsp3) is 0.667. The lowest BCUT2D eigenvalue weighted by atomic mass is 9.77. The van der Waals surface area contributed by atoms with Crippen LogP contribution in [0.4, 0.5) is 5.69 Å². The number of amides is 1. The van der Waals surface area contributed by atoms with E-state index >= 15 is 0 Å². The van der Waals surface area contributed by atoms with E-state index in [0.29, 0.717) is 24.4 Å². The summed E-state index contributed by atoms with van der Waals surface area (Å²) in [6.45, 7) is 5.25. The van der Waals surface area contributed by atoms with E-state index in [1.165, 1.54) is 4.52 Å². The molecule has 0 saturated heterocycles. The van der Waals surface area contributed by atoms with Crippen LogP contribution in [0.1, 0.15) is 69.8 Å². The van der Waals surface area contributed by atoms with Crippen molar-refractivity contribution in [3.63, 3.8) is 0 Å². The topological polar surface area (TPSA) is 131 Å². The Morgan fingerprint density at radius 3 is 2.57 bits per heavy atom. The summed E-state index contributed by atoms with van der Waals surface area (Å²) in [7, 11) is 0. The SMILES string of the molecule is CC(C)c1nn(CC(=O)NC2CC(C)(O)C2)c(=O)c2c(N=O)c(C3CC3)nn12. The largest absolute Gasteiger partial charge is 0.390 e. The number of rotatable bonds is 6. The average molecular weight is 388 g/mol. The van der Waals surface area contributed by atoms with Crippen molar-refractivity contribution in [1.82, 2.24) is 24.7 Å². The molecule has 2 N–H and O–H groups in total. The smallest absolute Gasteiger partial charge is 0.295 e. The quantitative estimate of drug-likeness (QED) is 0.718. The maximum absolute atomic E-state index is 13.0. The van der Waals surface area contributed by atoms with Crippen LogP contribution in [-0.2, 0) is 11.3 Å². The van der Waals surface area contributed by atoms with Crippen molar-refractivity contribution in [2.24, 2.45) is 5.18 Å². The van der Waals surface area contributed by atoms with Crippen LogP contribution < -0.4 is 10.9 Å². The van der Waals surface area contributed by atoms with Gasteiger partial charge in [-0.25, -0.2) is 9.20 Å². The highest BCUT2D eigenvalue weighted by Crippen LogP contribution is 2.44. The number of aliphatic hydroxyl groups is 1. The van der Waals surface area contributed by atoms with Gasteiger partial charge in [0.05, 0.1) is 11.3 Å². The van der Waals surface area contributed by atoms with Crippen molar-refractivity contribution in [1.29, 1.82) is 0 Å². The van der Waals surface area contributed by atoms with Crippen LogP contribution in [0.2, 0.25) is 0 Å². The highest BCUT2D eigenvalue weighted by molar-refractivity contribution is 5.77. The van der Waals surface area contributed by atoms with Crippen molar-refractivity contribution < 1.29 is 9.90 Å². The number of carbonyl (C=O) groups is 1. The summed E-state index contributed by atoms with van der Waals surface area (Å²) in [5.41, 5.74) is -0.641. The minimum atomic E-state index is -0.752. The molecule has 0 atom stereocenters. The zero-order valence-electron chi connectivity index (χ0n) is 16.2. The third-order valence-corrected chi connectivity index (χ3v) is 5.37. The van der Waals surface area contributed by atoms with Gasteiger partial charge in [-0.05, 0) is 37.8 Å². The van der Waals surface area contributed by atoms with Crippen molar-refractivity contribution in [3.05, 3.63) is 26.8 Å². The molecule has 0 bridgehead atoms. The monoisotopic (exact) mass is 388 g/mol. The fourth-order valence-electron chi connectivity index (χ4n) is 3.82. The molecule has 4 rings (SSSR count). The van der Waals surface area contributed by atoms with Gasteiger partial charge in [-0.3, -0.25) is 9.59 Å². The number of nitroso groups, excluding NO2 is 1. The van der Waals surface area contributed by atoms with Gasteiger partial charge in [0.25, 0.3) is 5.56 Å². The van der Waals surface area contributed by atoms with E-state index in [2.05, 4.69) is 20.7 Å². The molecular formula is C18H24N6O4. The molecule has 150 valence electrons. The van der Waals surface area contributed by atoms with Gasteiger partial charge in [-0.1, -0.05) is 13.8 Å². The van der Waals surface area contributed by atoms with Crippen LogP contribution in [0.3, 0.4) is 0 Å². The van der Waals surface area contributed by atoms with Crippen LogP contribution >= 0.6 is 0 Å². The van der Waals surface area contributed by atoms with Gasteiger partial charge in [-0.15, -0.1) is 4.91 Å². The lowest BCUT2D eigenvalue weighted by molar-refractivity contribution is -0.125. The molecule has 28 heavy (non-hydrogen) atoms. The predicted molar refractivity (Wildman–Crippen MR) is 101 cm³/mol. The van der Waals surface area contributed by atoms with Crippen molar-refractivity contribution in [2.45, 2.75) is 76.5 Å². The first-order valence-corrected chi connectivity index (χ1v) is 9.59. The zero-order valence-corrected chi connectivity index (χ0v) is 16.2. The first kappa shape index (κ1) is 18.7. The molecule has 0 spiro atoms. The molecule has 2 aromatic heterocycles. The van der Waals surface area contributed by atoms with Crippen LogP contribution in [0.5, 0.6) is 0 Å². The Hall–Kier alpha value is -2.62. The van der Waals surface area contributed by atoms with E-state index in [4.69, 9.17) is 0 Å². The third-order valence-electron chi connectivity index (χ3n) is 5.37. The second-order valence-electron chi connectivity index (χ2n) is 8.51. The number of hydrogen-bond donors (Lipinski definition) is 2. The third kappa shape index (κ3) is 3.21. The van der Waals surface area contributed by atoms with E-state index in [-0.39, 0.29) is 41.5 Å². The van der Waals surface area contributed by atoms with E-state index in [1.54, 1.807) is 6.92 Å². The van der Waals surface area contributed by atoms with Crippen LogP contribution in [-0.4, -0.2) is 42.1 Å². The summed E-state index contributed by atoms with van der Waals surface area (Å²) in [6.07, 6.45) is 2.78. The Labute approximate surface area is 160 Å². The van der Waals surface area contributed by atoms with Gasteiger partial charge in [0.15, 0.2) is 17.0 Å². The van der Waals surface area contributed by atoms with Crippen molar-refractivity contribution in [3.8, 4) is 0 Å². The summed E-state index contributed by atoms with van der Waals surface area (Å²) in [4.78, 5) is 36.8. The van der Waals surface area contributed by atoms with E-state index in [9.17, 15) is 19.6 Å². The lowest BCUT2D eigenvalue weighted by Crippen LogP contribution is -2.54. The highest BCUT2D eigenvalue weighted by Gasteiger charge is 2.39. The minimum absolute atomic E-state index is 0.0565. The zero-order chi connectivity index (χ0) is 20.2. The molecular weight excluding hydrogens is 364 g/mol. The molecule has 0 aliphatic heterocycles. The Kier molecular flexibility index (Phi) is 4.33. The second-order valence-corrected chi connectivity index (χ2v) is 8.51. The number of hydrogen-bond acceptors (Lipinski definition) is 7. The van der Waals surface area contributed by atoms with Gasteiger partial charge in [-0.2, -0.15) is 10.2 Å². The highest BCUT2D eigenvalue weighted by atomic mass is 16.3. The van der Waals surface area contributed by atoms with Gasteiger partial charge in [0.1, 0.15) is 6.54 Å². The maximum atomic E-state index is 13.0. The summed E-state index contributed by atoms with van der Waals surface area (Å²) in [5, 5.41) is 24.5. The Morgan fingerprint density at radius 1 is 1.36 bits per heavy atom. The van der Waals surface area contributed by atoms with Gasteiger partial charge in [0, 0.05) is 17.9 Å². The normalized spacial score (nSPS) is 24.4. The second kappa shape index (κ2) is 6.47. The summed E-state index contributed by atoms with van der Waals surface area (Å²) in [6, 6.07) is -0.116. The molecule has 0 radical (unpaired) electrons. The molecule has 2 heterocycles. The maximum Gasteiger partial charge on any atom is 0.295 e. The Bertz CT molecular complexity index is 1010. The molecule has 2 fully saturated rings. The lowest BCUT2D eigenvalue weighted by Gasteiger charge is -2.41. The summed E-state index contributed by atoms with van der Waals surface area (Å²) < 4.78 is 2.48. The van der Waals surface area contributed by atoms with E-state index in [1.807, 2.05) is 13.8 Å². The number of nitrogens with one attached hydrogen (secondary N) is 1. The minimum Gasteiger partial charge on any atom is -0.390 e. The molecule has 10 heteroatoms. The average Bonchev–Trinajstić information content (AvgIpc) is 3.35. The standard InChI is InChI=1S/C18H24N6O4/c1-9(2)16-21-23(8-12(25)19-11-6-18(3,27)7-11)17(26)15-14(22-28)13(10-4-5-10)20-24(15)16/h9-11,27H,4-8H2,1-3H3,(H,19,25). The van der Waals surface area contributed by atoms with Gasteiger partial charge < -0.3 is 10.4 Å². The summed E-state index contributed by atoms with van der Waals surface area (Å²) >= 11 is 0. The van der Waals surface area contributed by atoms with Gasteiger partial charge in [0.2, 0.25) is 5.91 Å². The van der Waals surface area contributed by atoms with Crippen LogP contribution in [0.15, 0.2) is 9.97 Å².